The van der Waals surface area contributed by atoms with E-state index in [1.807, 2.05) is 111 Å². The maximum atomic E-state index is 13.8. The molecule has 5 heterocycles. The molecule has 14 aliphatic rings. The van der Waals surface area contributed by atoms with Gasteiger partial charge in [-0.2, -0.15) is 0 Å². The van der Waals surface area contributed by atoms with Gasteiger partial charge >= 0.3 is 36.2 Å². The summed E-state index contributed by atoms with van der Waals surface area (Å²) in [5.41, 5.74) is -5.68. The van der Waals surface area contributed by atoms with Crippen LogP contribution in [0.5, 0.6) is 0 Å². The Morgan fingerprint density at radius 3 is 1.01 bits per heavy atom. The Labute approximate surface area is 840 Å². The first-order valence-electron chi connectivity index (χ1n) is 52.5. The number of fused-ring (bicyclic) bond motifs is 12. The van der Waals surface area contributed by atoms with Crippen LogP contribution in [0.15, 0.2) is 58.7 Å². The zero-order chi connectivity index (χ0) is 106. The molecular weight excluding hydrogens is 1810 g/mol. The Bertz CT molecular complexity index is 4740. The molecule has 0 aromatic carbocycles. The number of aliphatic hydroxyl groups excluding tert-OH is 5. The van der Waals surface area contributed by atoms with Gasteiger partial charge in [0.1, 0.15) is 35.1 Å². The Kier molecular flexibility index (Phi) is 31.8. The summed E-state index contributed by atoms with van der Waals surface area (Å²) in [6.07, 6.45) is -6.42. The van der Waals surface area contributed by atoms with E-state index in [4.69, 9.17) is 61.6 Å². The van der Waals surface area contributed by atoms with Crippen molar-refractivity contribution in [3.05, 3.63) is 58.7 Å². The molecule has 802 valence electrons. The van der Waals surface area contributed by atoms with Crippen LogP contribution in [0, 0.1) is 120 Å². The van der Waals surface area contributed by atoms with Crippen LogP contribution in [0.25, 0.3) is 0 Å². The maximum Gasteiger partial charge on any atom is 0.407 e. The van der Waals surface area contributed by atoms with Crippen LogP contribution in [-0.2, 0) is 76.0 Å². The Morgan fingerprint density at radius 1 is 0.426 bits per heavy atom. The smallest absolute Gasteiger partial charge is 0.407 e. The number of alkyl carbamates (subject to hydrolysis) is 3. The normalized spacial score (nSPS) is 42.4. The molecule has 38 atom stereocenters. The molecule has 30 heteroatoms. The lowest BCUT2D eigenvalue weighted by atomic mass is 9.39. The van der Waals surface area contributed by atoms with Crippen molar-refractivity contribution < 1.29 is 131 Å². The summed E-state index contributed by atoms with van der Waals surface area (Å²) >= 11 is 0. The molecule has 30 nitrogen and oxygen atoms in total. The van der Waals surface area contributed by atoms with Gasteiger partial charge in [-0.25, -0.2) is 28.8 Å². The van der Waals surface area contributed by atoms with Crippen molar-refractivity contribution in [1.29, 1.82) is 0 Å². The number of hydrogen-bond acceptors (Lipinski definition) is 27. The SMILES string of the molecule is C=CC1O[C@H]2C[C@H]3OC[C@@]3(C)[C@H]3[C@H](C)[C@]4(C(C)(C)O)C[C@H](OC(=O)C(O)[C@H](CC(C)C)NC(=O)OC(C)(C)C)C(C)=C4[C@H](C)[C@H](O1)[C@]23C.C=CC1O[C@H]2C[C@H]3OC[C@@]3(C)[C@H]3[C@H](C)[C@]4(O)C[C@H](OC(=O)C(O)[C@H](CC(C)C)NC(=O)OC(C)(C)C)C(C)=C([C@H](C)[C@H](O1)[C@]23C)C4(C)C.CC1=C2[C@H](C)[C@H](O)[C@@]3(C)[C@H]([C@H](C)[C@](O)(C[C@@H]1OC(=O)C(O)[C@H](CC(C)C)NC(=O)OC(C)(C)C)C2(C)C)[C@]1(C)CO[C@@H]1C[C@@H]3O. The molecule has 0 aromatic heterocycles. The average Bonchev–Trinajstić information content (AvgIpc) is 0.750. The number of amides is 3. The maximum absolute atomic E-state index is 13.8. The van der Waals surface area contributed by atoms with Crippen molar-refractivity contribution in [2.24, 2.45) is 120 Å². The van der Waals surface area contributed by atoms with Crippen LogP contribution < -0.4 is 16.0 Å². The molecule has 11 fully saturated rings. The van der Waals surface area contributed by atoms with Gasteiger partial charge in [0.25, 0.3) is 0 Å². The molecule has 11 N–H and O–H groups in total. The van der Waals surface area contributed by atoms with Gasteiger partial charge in [0.05, 0.1) is 110 Å². The third kappa shape index (κ3) is 19.5. The molecule has 0 aromatic rings. The highest BCUT2D eigenvalue weighted by molar-refractivity contribution is 5.79. The summed E-state index contributed by atoms with van der Waals surface area (Å²) in [6, 6.07) is -2.78. The van der Waals surface area contributed by atoms with Gasteiger partial charge in [0, 0.05) is 105 Å². The van der Waals surface area contributed by atoms with Gasteiger partial charge in [0.2, 0.25) is 0 Å². The molecule has 5 unspecified atom stereocenters. The second-order valence-electron chi connectivity index (χ2n) is 52.7. The number of rotatable bonds is 21. The van der Waals surface area contributed by atoms with Crippen molar-refractivity contribution in [3.8, 4) is 0 Å². The van der Waals surface area contributed by atoms with Crippen molar-refractivity contribution in [2.75, 3.05) is 19.8 Å². The van der Waals surface area contributed by atoms with Crippen LogP contribution in [0.4, 0.5) is 14.4 Å². The topological polar surface area (TPSA) is 420 Å². The number of hydrogen-bond donors (Lipinski definition) is 11. The van der Waals surface area contributed by atoms with Gasteiger partial charge in [-0.05, 0) is 198 Å². The summed E-state index contributed by atoms with van der Waals surface area (Å²) in [7, 11) is 0. The van der Waals surface area contributed by atoms with E-state index in [9.17, 15) is 69.6 Å². The Balaban J connectivity index is 0.000000189. The number of nitrogens with one attached hydrogen (secondary N) is 3. The molecule has 141 heavy (non-hydrogen) atoms. The van der Waals surface area contributed by atoms with Crippen LogP contribution in [0.1, 0.15) is 307 Å². The number of aliphatic hydroxyl groups is 8. The highest BCUT2D eigenvalue weighted by atomic mass is 16.7. The van der Waals surface area contributed by atoms with E-state index >= 15 is 0 Å². The largest absolute Gasteiger partial charge is 0.456 e. The van der Waals surface area contributed by atoms with E-state index in [1.54, 1.807) is 74.5 Å². The predicted molar refractivity (Wildman–Crippen MR) is 530 cm³/mol. The van der Waals surface area contributed by atoms with Crippen LogP contribution >= 0.6 is 0 Å². The number of esters is 3. The molecule has 14 rings (SSSR count). The second kappa shape index (κ2) is 39.3. The lowest BCUT2D eigenvalue weighted by Crippen LogP contribution is -2.77. The lowest BCUT2D eigenvalue weighted by Gasteiger charge is -2.72. The molecule has 9 aliphatic carbocycles. The molecule has 5 saturated heterocycles. The third-order valence-corrected chi connectivity index (χ3v) is 37.7. The molecule has 6 saturated carbocycles. The monoisotopic (exact) mass is 1990 g/mol. The molecule has 4 bridgehead atoms. The first kappa shape index (κ1) is 114. The lowest BCUT2D eigenvalue weighted by molar-refractivity contribution is -0.383. The van der Waals surface area contributed by atoms with Gasteiger partial charge in [-0.15, -0.1) is 0 Å². The molecule has 0 spiro atoms. The van der Waals surface area contributed by atoms with Gasteiger partial charge < -0.3 is 118 Å². The quantitative estimate of drug-likeness (QED) is 0.0289. The van der Waals surface area contributed by atoms with Crippen molar-refractivity contribution in [2.45, 2.75) is 463 Å². The predicted octanol–water partition coefficient (Wildman–Crippen LogP) is 15.5. The summed E-state index contributed by atoms with van der Waals surface area (Å²) in [5, 5.41) is 104. The fraction of sp³-hybridized carbons (Fsp3) is 0.856. The molecule has 0 radical (unpaired) electrons. The van der Waals surface area contributed by atoms with E-state index in [-0.39, 0.29) is 136 Å². The zero-order valence-corrected chi connectivity index (χ0v) is 91.9. The first-order chi connectivity index (χ1) is 64.5. The number of carbonyl (C=O) groups is 6. The third-order valence-electron chi connectivity index (χ3n) is 37.7. The van der Waals surface area contributed by atoms with Gasteiger partial charge in [0.15, 0.2) is 30.9 Å². The summed E-state index contributed by atoms with van der Waals surface area (Å²) in [6.45, 7) is 80.6. The molecule has 3 amide bonds. The average molecular weight is 1990 g/mol. The second-order valence-corrected chi connectivity index (χ2v) is 52.7. The zero-order valence-electron chi connectivity index (χ0n) is 91.9. The highest BCUT2D eigenvalue weighted by Gasteiger charge is 2.79. The molecule has 5 aliphatic heterocycles. The highest BCUT2D eigenvalue weighted by Crippen LogP contribution is 2.76. The van der Waals surface area contributed by atoms with Gasteiger partial charge in [-0.1, -0.05) is 182 Å². The minimum Gasteiger partial charge on any atom is -0.456 e. The van der Waals surface area contributed by atoms with Crippen LogP contribution in [0.3, 0.4) is 0 Å². The number of carbonyl (C=O) groups excluding carboxylic acids is 6. The van der Waals surface area contributed by atoms with Crippen LogP contribution in [-0.4, -0.2) is 253 Å². The van der Waals surface area contributed by atoms with E-state index in [0.29, 0.717) is 57.5 Å². The van der Waals surface area contributed by atoms with E-state index in [1.165, 1.54) is 0 Å². The van der Waals surface area contributed by atoms with E-state index in [0.717, 1.165) is 40.7 Å². The molecular formula is C111H181N3O27. The van der Waals surface area contributed by atoms with Crippen LogP contribution in [0.2, 0.25) is 0 Å². The first-order valence-corrected chi connectivity index (χ1v) is 52.5. The Morgan fingerprint density at radius 2 is 0.716 bits per heavy atom. The fourth-order valence-electron chi connectivity index (χ4n) is 31.7. The van der Waals surface area contributed by atoms with Crippen molar-refractivity contribution >= 4 is 36.2 Å². The fourth-order valence-corrected chi connectivity index (χ4v) is 31.7. The minimum absolute atomic E-state index is 0.00633. The van der Waals surface area contributed by atoms with Gasteiger partial charge in [-0.3, -0.25) is 0 Å². The number of ether oxygens (including phenoxy) is 13. The van der Waals surface area contributed by atoms with Crippen molar-refractivity contribution in [1.82, 2.24) is 16.0 Å². The standard InChI is InChI=1S/2C38H61NO9.C35H59NO9/c1-14-27-46-26-16-25-36(12,18-44-25)30-22(6)38(35(10,11)43)17-24(20(4)28(38)21(5)31(47-27)37(26,30)13)45-32(41)29(40)23(15-19(2)3)39-33(42)48-34(7,8)9;1-14-27-46-26-16-25-36(12,18-44-25)30-22(6)38(43)17-24(20(4)28(35(38,10)11)21(5)31(47-27)37(26,30)13)45-32(41)29(40)23(15-19(2)3)39-33(42)48-34(7,8)9;1-17(2)13-21(36-30(41)45-31(6,7)8)26(38)29(40)44-22-15-35(42)20(5)27-33(11)16-43-24(33)14-23(37)34(27,12)28(39)19(4)25(18(22)3)32(35,9)10/h2*14,19,21-27,29-31,40,43H,1,15-18H2,2-13H3,(H,39,42);17,19-24,26-28,37-39,42H,13-16H2,1-12H3,(H,36,41)/t2*21-,22-,23-,24-,25+,26-,27?,29?,30+,31-,36+,37+,38+;19-,20-,21-,22-,23-,24+,26?,27+,28-,33+,34+,35+/m000/s1. The Hall–Kier alpha value is -5.68. The summed E-state index contributed by atoms with van der Waals surface area (Å²) in [4.78, 5) is 79.2. The van der Waals surface area contributed by atoms with E-state index < -0.39 is 188 Å². The van der Waals surface area contributed by atoms with Crippen molar-refractivity contribution in [3.63, 3.8) is 0 Å². The minimum atomic E-state index is -1.67. The summed E-state index contributed by atoms with van der Waals surface area (Å²) < 4.78 is 79.7. The van der Waals surface area contributed by atoms with E-state index in [2.05, 4.69) is 105 Å². The summed E-state index contributed by atoms with van der Waals surface area (Å²) in [5.74, 6) is -4.27.